The van der Waals surface area contributed by atoms with Crippen molar-refractivity contribution in [1.82, 2.24) is 15.0 Å². The molecule has 0 N–H and O–H groups in total. The van der Waals surface area contributed by atoms with Crippen molar-refractivity contribution in [2.24, 2.45) is 5.92 Å². The molecule has 5 heteroatoms. The second kappa shape index (κ2) is 7.05. The standard InChI is InChI=1S/C23H21N3O2/c1-16-12-18(9-8-17-6-7-17)10-11-20(16)21-14-26(25-24-21)13-19-15-27-22-4-2-3-5-23(22)28-19/h2-5,10-12,14,17,19H,6-7,13,15H2,1H3. The number of fused-ring (bicyclic) bond motifs is 1. The summed E-state index contributed by atoms with van der Waals surface area (Å²) in [6.07, 6.45) is 4.36. The van der Waals surface area contributed by atoms with Crippen LogP contribution >= 0.6 is 0 Å². The normalized spacial score (nSPS) is 17.7. The minimum absolute atomic E-state index is 0.0920. The molecule has 1 saturated carbocycles. The van der Waals surface area contributed by atoms with Crippen molar-refractivity contribution in [2.45, 2.75) is 32.4 Å². The third kappa shape index (κ3) is 3.59. The van der Waals surface area contributed by atoms with E-state index in [1.807, 2.05) is 35.1 Å². The van der Waals surface area contributed by atoms with Crippen molar-refractivity contribution < 1.29 is 9.47 Å². The van der Waals surface area contributed by atoms with Crippen LogP contribution in [0.15, 0.2) is 48.7 Å². The molecule has 1 aromatic heterocycles. The van der Waals surface area contributed by atoms with E-state index < -0.39 is 0 Å². The Morgan fingerprint density at radius 3 is 2.82 bits per heavy atom. The molecule has 0 radical (unpaired) electrons. The van der Waals surface area contributed by atoms with Crippen molar-refractivity contribution in [3.8, 4) is 34.6 Å². The van der Waals surface area contributed by atoms with Gasteiger partial charge in [0.25, 0.3) is 0 Å². The molecule has 0 saturated heterocycles. The molecule has 1 fully saturated rings. The summed E-state index contributed by atoms with van der Waals surface area (Å²) in [5.41, 5.74) is 4.15. The summed E-state index contributed by atoms with van der Waals surface area (Å²) in [5.74, 6) is 8.76. The molecule has 2 aromatic carbocycles. The first-order valence-electron chi connectivity index (χ1n) is 9.66. The van der Waals surface area contributed by atoms with E-state index in [1.54, 1.807) is 0 Å². The van der Waals surface area contributed by atoms with E-state index in [0.29, 0.717) is 19.1 Å². The van der Waals surface area contributed by atoms with E-state index in [2.05, 4.69) is 47.3 Å². The quantitative estimate of drug-likeness (QED) is 0.656. The fourth-order valence-corrected chi connectivity index (χ4v) is 3.31. The first-order valence-corrected chi connectivity index (χ1v) is 9.66. The molecule has 5 nitrogen and oxygen atoms in total. The Kier molecular flexibility index (Phi) is 4.25. The molecule has 1 unspecified atom stereocenters. The van der Waals surface area contributed by atoms with Crippen LogP contribution in [0.2, 0.25) is 0 Å². The zero-order chi connectivity index (χ0) is 18.9. The maximum atomic E-state index is 6.01. The molecule has 1 aliphatic heterocycles. The molecular formula is C23H21N3O2. The van der Waals surface area contributed by atoms with E-state index >= 15 is 0 Å². The largest absolute Gasteiger partial charge is 0.486 e. The molecule has 1 atom stereocenters. The van der Waals surface area contributed by atoms with Gasteiger partial charge in [-0.05, 0) is 49.6 Å². The van der Waals surface area contributed by atoms with E-state index in [-0.39, 0.29) is 6.10 Å². The lowest BCUT2D eigenvalue weighted by atomic mass is 10.0. The van der Waals surface area contributed by atoms with Crippen LogP contribution in [-0.4, -0.2) is 27.7 Å². The predicted octanol–water partition coefficient (Wildman–Crippen LogP) is 3.86. The van der Waals surface area contributed by atoms with Crippen molar-refractivity contribution in [3.05, 3.63) is 59.8 Å². The summed E-state index contributed by atoms with van der Waals surface area (Å²) in [5, 5.41) is 8.63. The first-order chi connectivity index (χ1) is 13.7. The summed E-state index contributed by atoms with van der Waals surface area (Å²) in [6, 6.07) is 14.0. The Morgan fingerprint density at radius 1 is 1.14 bits per heavy atom. The Bertz CT molecular complexity index is 1070. The highest BCUT2D eigenvalue weighted by Crippen LogP contribution is 2.31. The molecule has 0 amide bonds. The van der Waals surface area contributed by atoms with Crippen LogP contribution in [0.1, 0.15) is 24.0 Å². The van der Waals surface area contributed by atoms with Gasteiger partial charge in [-0.25, -0.2) is 4.68 Å². The third-order valence-electron chi connectivity index (χ3n) is 5.00. The Balaban J connectivity index is 1.29. The number of aromatic nitrogens is 3. The van der Waals surface area contributed by atoms with Gasteiger partial charge in [0.2, 0.25) is 0 Å². The average Bonchev–Trinajstić information content (AvgIpc) is 3.44. The van der Waals surface area contributed by atoms with Gasteiger partial charge in [0.15, 0.2) is 17.6 Å². The molecule has 140 valence electrons. The number of benzene rings is 2. The zero-order valence-electron chi connectivity index (χ0n) is 15.8. The van der Waals surface area contributed by atoms with Crippen molar-refractivity contribution in [2.75, 3.05) is 6.61 Å². The molecule has 2 heterocycles. The van der Waals surface area contributed by atoms with Crippen LogP contribution in [0.3, 0.4) is 0 Å². The fraction of sp³-hybridized carbons (Fsp3) is 0.304. The van der Waals surface area contributed by atoms with Crippen LogP contribution in [0.5, 0.6) is 11.5 Å². The monoisotopic (exact) mass is 371 g/mol. The van der Waals surface area contributed by atoms with Crippen molar-refractivity contribution >= 4 is 0 Å². The molecule has 2 aliphatic rings. The zero-order valence-corrected chi connectivity index (χ0v) is 15.8. The highest BCUT2D eigenvalue weighted by Gasteiger charge is 2.22. The van der Waals surface area contributed by atoms with Crippen molar-refractivity contribution in [1.29, 1.82) is 0 Å². The number of hydrogen-bond donors (Lipinski definition) is 0. The second-order valence-corrected chi connectivity index (χ2v) is 7.40. The topological polar surface area (TPSA) is 49.2 Å². The molecule has 0 spiro atoms. The molecule has 3 aromatic rings. The molecule has 5 rings (SSSR count). The van der Waals surface area contributed by atoms with Crippen LogP contribution in [-0.2, 0) is 6.54 Å². The molecule has 28 heavy (non-hydrogen) atoms. The summed E-state index contributed by atoms with van der Waals surface area (Å²) in [7, 11) is 0. The van der Waals surface area contributed by atoms with E-state index in [9.17, 15) is 0 Å². The van der Waals surface area contributed by atoms with E-state index in [0.717, 1.165) is 33.9 Å². The van der Waals surface area contributed by atoms with E-state index in [4.69, 9.17) is 9.47 Å². The van der Waals surface area contributed by atoms with Gasteiger partial charge in [0.1, 0.15) is 12.3 Å². The summed E-state index contributed by atoms with van der Waals surface area (Å²) in [6.45, 7) is 3.18. The van der Waals surface area contributed by atoms with Gasteiger partial charge in [-0.1, -0.05) is 35.3 Å². The molecule has 0 bridgehead atoms. The van der Waals surface area contributed by atoms with Gasteiger partial charge in [0.05, 0.1) is 12.7 Å². The van der Waals surface area contributed by atoms with Gasteiger partial charge >= 0.3 is 0 Å². The minimum Gasteiger partial charge on any atom is -0.486 e. The molecule has 1 aliphatic carbocycles. The van der Waals surface area contributed by atoms with Gasteiger partial charge in [0, 0.05) is 17.0 Å². The fourth-order valence-electron chi connectivity index (χ4n) is 3.31. The SMILES string of the molecule is Cc1cc(C#CC2CC2)ccc1-c1cn(CC2COc3ccccc3O2)nn1. The predicted molar refractivity (Wildman–Crippen MR) is 106 cm³/mol. The van der Waals surface area contributed by atoms with Crippen LogP contribution < -0.4 is 9.47 Å². The maximum Gasteiger partial charge on any atom is 0.161 e. The maximum absolute atomic E-state index is 6.01. The minimum atomic E-state index is -0.0920. The number of aryl methyl sites for hydroxylation is 1. The highest BCUT2D eigenvalue weighted by atomic mass is 16.6. The lowest BCUT2D eigenvalue weighted by Crippen LogP contribution is -2.33. The average molecular weight is 371 g/mol. The van der Waals surface area contributed by atoms with E-state index in [1.165, 1.54) is 12.8 Å². The number of nitrogens with zero attached hydrogens (tertiary/aromatic N) is 3. The lowest BCUT2D eigenvalue weighted by molar-refractivity contribution is 0.0755. The summed E-state index contributed by atoms with van der Waals surface area (Å²) >= 11 is 0. The van der Waals surface area contributed by atoms with Gasteiger partial charge < -0.3 is 9.47 Å². The smallest absolute Gasteiger partial charge is 0.161 e. The van der Waals surface area contributed by atoms with Gasteiger partial charge in [-0.15, -0.1) is 5.10 Å². The lowest BCUT2D eigenvalue weighted by Gasteiger charge is -2.26. The summed E-state index contributed by atoms with van der Waals surface area (Å²) in [4.78, 5) is 0. The Hall–Kier alpha value is -3.26. The summed E-state index contributed by atoms with van der Waals surface area (Å²) < 4.78 is 13.6. The van der Waals surface area contributed by atoms with Gasteiger partial charge in [-0.2, -0.15) is 0 Å². The number of para-hydroxylation sites is 2. The second-order valence-electron chi connectivity index (χ2n) is 7.40. The third-order valence-corrected chi connectivity index (χ3v) is 5.00. The number of rotatable bonds is 3. The van der Waals surface area contributed by atoms with Crippen LogP contribution in [0, 0.1) is 24.7 Å². The van der Waals surface area contributed by atoms with Gasteiger partial charge in [-0.3, -0.25) is 0 Å². The Morgan fingerprint density at radius 2 is 2.00 bits per heavy atom. The number of ether oxygens (including phenoxy) is 2. The number of hydrogen-bond acceptors (Lipinski definition) is 4. The van der Waals surface area contributed by atoms with Crippen LogP contribution in [0.4, 0.5) is 0 Å². The van der Waals surface area contributed by atoms with Crippen LogP contribution in [0.25, 0.3) is 11.3 Å². The molecular weight excluding hydrogens is 350 g/mol. The van der Waals surface area contributed by atoms with Crippen molar-refractivity contribution in [3.63, 3.8) is 0 Å². The Labute approximate surface area is 164 Å². The first kappa shape index (κ1) is 16.9. The highest BCUT2D eigenvalue weighted by molar-refractivity contribution is 5.64.